The van der Waals surface area contributed by atoms with Gasteiger partial charge in [0.05, 0.1) is 17.4 Å². The van der Waals surface area contributed by atoms with E-state index in [4.69, 9.17) is 14.2 Å². The Hall–Kier alpha value is -3.00. The summed E-state index contributed by atoms with van der Waals surface area (Å²) < 4.78 is 15.9. The van der Waals surface area contributed by atoms with E-state index in [1.54, 1.807) is 13.8 Å². The van der Waals surface area contributed by atoms with Crippen molar-refractivity contribution in [1.29, 1.82) is 0 Å². The number of allylic oxidation sites excluding steroid dienone is 2. The Labute approximate surface area is 173 Å². The zero-order chi connectivity index (χ0) is 22.3. The molecule has 1 aliphatic heterocycles. The molecule has 0 bridgehead atoms. The van der Waals surface area contributed by atoms with E-state index in [0.29, 0.717) is 5.57 Å². The molecule has 1 saturated heterocycles. The molecule has 2 aliphatic carbocycles. The quantitative estimate of drug-likeness (QED) is 0.315. The molecule has 6 atom stereocenters. The third-order valence-corrected chi connectivity index (χ3v) is 5.91. The number of fused-ring (bicyclic) bond motifs is 3. The minimum Gasteiger partial charge on any atom is -0.461 e. The number of hydrogen-bond acceptors (Lipinski definition) is 8. The van der Waals surface area contributed by atoms with E-state index in [-0.39, 0.29) is 29.1 Å². The average molecular weight is 416 g/mol. The number of hydrogen-bond donors (Lipinski definition) is 1. The molecule has 0 amide bonds. The number of aliphatic hydroxyl groups excluding tert-OH is 1. The first-order chi connectivity index (χ1) is 14.1. The molecule has 30 heavy (non-hydrogen) atoms. The number of ether oxygens (including phenoxy) is 3. The van der Waals surface area contributed by atoms with E-state index in [9.17, 15) is 24.3 Å². The molecule has 8 heteroatoms. The third-order valence-electron chi connectivity index (χ3n) is 5.91. The van der Waals surface area contributed by atoms with Crippen molar-refractivity contribution in [3.63, 3.8) is 0 Å². The van der Waals surface area contributed by atoms with Gasteiger partial charge in [-0.25, -0.2) is 9.59 Å². The molecule has 3 rings (SSSR count). The molecule has 1 heterocycles. The fourth-order valence-electron chi connectivity index (χ4n) is 4.37. The molecule has 0 radical (unpaired) electrons. The topological polar surface area (TPSA) is 116 Å². The predicted molar refractivity (Wildman–Crippen MR) is 104 cm³/mol. The van der Waals surface area contributed by atoms with Gasteiger partial charge < -0.3 is 19.3 Å². The van der Waals surface area contributed by atoms with Crippen LogP contribution in [-0.2, 0) is 33.4 Å². The van der Waals surface area contributed by atoms with Crippen molar-refractivity contribution in [2.45, 2.75) is 39.1 Å². The molecular formula is C22H24O8. The van der Waals surface area contributed by atoms with Gasteiger partial charge in [0.1, 0.15) is 24.9 Å². The zero-order valence-corrected chi connectivity index (χ0v) is 17.0. The second kappa shape index (κ2) is 8.02. The maximum absolute atomic E-state index is 12.7. The molecular weight excluding hydrogens is 392 g/mol. The molecule has 1 N–H and O–H groups in total. The molecule has 2 fully saturated rings. The van der Waals surface area contributed by atoms with Crippen LogP contribution in [0, 0.1) is 17.8 Å². The summed E-state index contributed by atoms with van der Waals surface area (Å²) in [6.45, 7) is 11.9. The van der Waals surface area contributed by atoms with Gasteiger partial charge in [-0.1, -0.05) is 24.8 Å². The van der Waals surface area contributed by atoms with Crippen LogP contribution >= 0.6 is 0 Å². The Balaban J connectivity index is 1.96. The number of aliphatic hydroxyl groups is 1. The van der Waals surface area contributed by atoms with Crippen LogP contribution in [0.5, 0.6) is 0 Å². The first kappa shape index (κ1) is 21.7. The largest absolute Gasteiger partial charge is 0.461 e. The summed E-state index contributed by atoms with van der Waals surface area (Å²) in [5, 5.41) is 11.0. The van der Waals surface area contributed by atoms with Crippen LogP contribution < -0.4 is 0 Å². The van der Waals surface area contributed by atoms with Gasteiger partial charge in [-0.3, -0.25) is 9.59 Å². The van der Waals surface area contributed by atoms with E-state index >= 15 is 0 Å². The monoisotopic (exact) mass is 416 g/mol. The third kappa shape index (κ3) is 3.52. The highest BCUT2D eigenvalue weighted by molar-refractivity contribution is 5.99. The average Bonchev–Trinajstić information content (AvgIpc) is 3.10. The summed E-state index contributed by atoms with van der Waals surface area (Å²) in [5.41, 5.74) is 1.01. The lowest BCUT2D eigenvalue weighted by Crippen LogP contribution is -2.42. The normalized spacial score (nSPS) is 33.3. The highest BCUT2D eigenvalue weighted by Crippen LogP contribution is 2.50. The van der Waals surface area contributed by atoms with Crippen molar-refractivity contribution in [2.24, 2.45) is 17.8 Å². The predicted octanol–water partition coefficient (Wildman–Crippen LogP) is 1.20. The first-order valence-electron chi connectivity index (χ1n) is 9.56. The van der Waals surface area contributed by atoms with Crippen molar-refractivity contribution < 1.29 is 38.5 Å². The van der Waals surface area contributed by atoms with Crippen molar-refractivity contribution in [1.82, 2.24) is 0 Å². The van der Waals surface area contributed by atoms with E-state index in [1.165, 1.54) is 19.1 Å². The highest BCUT2D eigenvalue weighted by atomic mass is 16.6. The van der Waals surface area contributed by atoms with Crippen molar-refractivity contribution >= 4 is 23.7 Å². The Morgan fingerprint density at radius 1 is 1.27 bits per heavy atom. The highest BCUT2D eigenvalue weighted by Gasteiger charge is 2.59. The second-order valence-corrected chi connectivity index (χ2v) is 7.70. The number of carbonyl (C=O) groups excluding carboxylic acids is 4. The molecule has 160 valence electrons. The van der Waals surface area contributed by atoms with Crippen LogP contribution in [0.2, 0.25) is 0 Å². The Morgan fingerprint density at radius 2 is 1.93 bits per heavy atom. The van der Waals surface area contributed by atoms with Crippen molar-refractivity contribution in [3.8, 4) is 0 Å². The lowest BCUT2D eigenvalue weighted by molar-refractivity contribution is -0.155. The summed E-state index contributed by atoms with van der Waals surface area (Å²) in [6.07, 6.45) is -0.600. The van der Waals surface area contributed by atoms with E-state index in [2.05, 4.69) is 13.2 Å². The van der Waals surface area contributed by atoms with Gasteiger partial charge >= 0.3 is 17.9 Å². The molecule has 3 aliphatic rings. The van der Waals surface area contributed by atoms with Crippen LogP contribution in [-0.4, -0.2) is 53.7 Å². The van der Waals surface area contributed by atoms with E-state index in [1.807, 2.05) is 0 Å². The van der Waals surface area contributed by atoms with Crippen LogP contribution in [0.1, 0.15) is 20.8 Å². The van der Waals surface area contributed by atoms with Crippen LogP contribution in [0.15, 0.2) is 47.6 Å². The number of carbonyl (C=O) groups is 4. The van der Waals surface area contributed by atoms with E-state index in [0.717, 1.165) is 0 Å². The van der Waals surface area contributed by atoms with Crippen LogP contribution in [0.3, 0.4) is 0 Å². The number of rotatable bonds is 4. The fourth-order valence-corrected chi connectivity index (χ4v) is 4.37. The molecule has 0 aromatic carbocycles. The molecule has 1 saturated carbocycles. The standard InChI is InChI=1S/C22H24O8/c1-6-13(8-28-12(5)23)22(27)30-20-17-11(4)21(26)29-19(17)15-9(2)7-14(24)16(15)10(3)18(20)25/h6-7,15-20,25H,3-4,8H2,1-2,5H3/b13-6+/t15-,16+,17-,18+,19+,20-/m0/s1. The summed E-state index contributed by atoms with van der Waals surface area (Å²) in [6, 6.07) is 0. The summed E-state index contributed by atoms with van der Waals surface area (Å²) in [5.74, 6) is -4.46. The maximum Gasteiger partial charge on any atom is 0.337 e. The summed E-state index contributed by atoms with van der Waals surface area (Å²) >= 11 is 0. The lowest BCUT2D eigenvalue weighted by Gasteiger charge is -2.29. The smallest absolute Gasteiger partial charge is 0.337 e. The number of ketones is 1. The molecule has 8 nitrogen and oxygen atoms in total. The van der Waals surface area contributed by atoms with E-state index < -0.39 is 54.0 Å². The fraction of sp³-hybridized carbons (Fsp3) is 0.455. The second-order valence-electron chi connectivity index (χ2n) is 7.70. The SMILES string of the molecule is C=C1C(=O)O[C@H]2[C@H]1[C@H](OC(=O)/C(=C/C)COC(C)=O)[C@H](O)C(=C)[C@@H]1C(=O)C=C(C)[C@@H]12. The van der Waals surface area contributed by atoms with Crippen LogP contribution in [0.4, 0.5) is 0 Å². The van der Waals surface area contributed by atoms with Gasteiger partial charge in [0.25, 0.3) is 0 Å². The minimum absolute atomic E-state index is 0.0551. The van der Waals surface area contributed by atoms with Crippen LogP contribution in [0.25, 0.3) is 0 Å². The van der Waals surface area contributed by atoms with Gasteiger partial charge in [0.2, 0.25) is 0 Å². The molecule has 0 unspecified atom stereocenters. The summed E-state index contributed by atoms with van der Waals surface area (Å²) in [7, 11) is 0. The van der Waals surface area contributed by atoms with Gasteiger partial charge in [0.15, 0.2) is 5.78 Å². The lowest BCUT2D eigenvalue weighted by atomic mass is 9.80. The number of esters is 3. The Kier molecular flexibility index (Phi) is 5.81. The molecule has 0 aromatic rings. The van der Waals surface area contributed by atoms with Gasteiger partial charge in [-0.15, -0.1) is 0 Å². The zero-order valence-electron chi connectivity index (χ0n) is 17.0. The molecule has 0 spiro atoms. The maximum atomic E-state index is 12.7. The minimum atomic E-state index is -1.42. The van der Waals surface area contributed by atoms with Gasteiger partial charge in [0, 0.05) is 18.4 Å². The van der Waals surface area contributed by atoms with Gasteiger partial charge in [-0.05, 0) is 25.5 Å². The Morgan fingerprint density at radius 3 is 2.53 bits per heavy atom. The Bertz CT molecular complexity index is 908. The molecule has 0 aromatic heterocycles. The summed E-state index contributed by atoms with van der Waals surface area (Å²) in [4.78, 5) is 48.6. The first-order valence-corrected chi connectivity index (χ1v) is 9.56. The van der Waals surface area contributed by atoms with Crippen molar-refractivity contribution in [3.05, 3.63) is 47.6 Å². The van der Waals surface area contributed by atoms with Crippen molar-refractivity contribution in [2.75, 3.05) is 6.61 Å². The van der Waals surface area contributed by atoms with Gasteiger partial charge in [-0.2, -0.15) is 0 Å².